The van der Waals surface area contributed by atoms with Crippen molar-refractivity contribution in [2.75, 3.05) is 12.4 Å². The van der Waals surface area contributed by atoms with Gasteiger partial charge in [-0.1, -0.05) is 17.7 Å². The lowest BCUT2D eigenvalue weighted by atomic mass is 10.0. The third kappa shape index (κ3) is 2.27. The molecule has 23 heavy (non-hydrogen) atoms. The maximum Gasteiger partial charge on any atom is 0.263 e. The van der Waals surface area contributed by atoms with Gasteiger partial charge in [-0.15, -0.1) is 0 Å². The van der Waals surface area contributed by atoms with Crippen LogP contribution < -0.4 is 5.32 Å². The number of anilines is 1. The number of azo groups is 2. The van der Waals surface area contributed by atoms with E-state index in [9.17, 15) is 0 Å². The zero-order valence-electron chi connectivity index (χ0n) is 13.5. The van der Waals surface area contributed by atoms with Crippen LogP contribution in [0.3, 0.4) is 0 Å². The van der Waals surface area contributed by atoms with Gasteiger partial charge in [-0.05, 0) is 25.0 Å². The summed E-state index contributed by atoms with van der Waals surface area (Å²) in [5.74, 6) is 0.663. The number of aromatic nitrogens is 3. The molecule has 1 unspecified atom stereocenters. The molecule has 6 heteroatoms. The smallest absolute Gasteiger partial charge is 0.263 e. The first kappa shape index (κ1) is 13.9. The SMILES string of the molecule is CCC(C)Nc1ncc2c(-c3ccc4c(c3)[N+](C)=N4)c[nH]c2n1. The van der Waals surface area contributed by atoms with E-state index in [0.29, 0.717) is 12.0 Å². The van der Waals surface area contributed by atoms with E-state index in [1.807, 2.05) is 30.2 Å². The maximum atomic E-state index is 4.57. The molecule has 0 spiro atoms. The van der Waals surface area contributed by atoms with Crippen LogP contribution >= 0.6 is 0 Å². The number of fused-ring (bicyclic) bond motifs is 2. The third-order valence-electron chi connectivity index (χ3n) is 4.31. The minimum absolute atomic E-state index is 0.356. The highest BCUT2D eigenvalue weighted by Crippen LogP contribution is 2.40. The van der Waals surface area contributed by atoms with Gasteiger partial charge in [0.1, 0.15) is 5.65 Å². The molecule has 2 aromatic heterocycles. The van der Waals surface area contributed by atoms with Crippen molar-refractivity contribution < 1.29 is 4.70 Å². The highest BCUT2D eigenvalue weighted by molar-refractivity contribution is 5.94. The second kappa shape index (κ2) is 5.15. The predicted molar refractivity (Wildman–Crippen MR) is 90.6 cm³/mol. The van der Waals surface area contributed by atoms with E-state index in [1.165, 1.54) is 0 Å². The average molecular weight is 307 g/mol. The Bertz CT molecular complexity index is 924. The first-order valence-electron chi connectivity index (χ1n) is 7.86. The molecule has 4 rings (SSSR count). The fourth-order valence-electron chi connectivity index (χ4n) is 2.74. The molecule has 0 aliphatic carbocycles. The number of aromatic amines is 1. The lowest BCUT2D eigenvalue weighted by molar-refractivity contribution is -0.494. The van der Waals surface area contributed by atoms with E-state index < -0.39 is 0 Å². The van der Waals surface area contributed by atoms with Crippen LogP contribution in [0.25, 0.3) is 22.2 Å². The normalized spacial score (nSPS) is 14.1. The molecule has 0 saturated heterocycles. The van der Waals surface area contributed by atoms with Gasteiger partial charge >= 0.3 is 0 Å². The third-order valence-corrected chi connectivity index (χ3v) is 4.31. The molecule has 0 saturated carbocycles. The highest BCUT2D eigenvalue weighted by Gasteiger charge is 2.25. The Labute approximate surface area is 134 Å². The van der Waals surface area contributed by atoms with Gasteiger partial charge < -0.3 is 10.3 Å². The summed E-state index contributed by atoms with van der Waals surface area (Å²) < 4.78 is 1.89. The van der Waals surface area contributed by atoms with Crippen molar-refractivity contribution in [3.8, 4) is 11.1 Å². The van der Waals surface area contributed by atoms with Gasteiger partial charge in [0.05, 0.1) is 0 Å². The number of nitrogens with zero attached hydrogens (tertiary/aromatic N) is 4. The van der Waals surface area contributed by atoms with Crippen LogP contribution in [-0.2, 0) is 0 Å². The second-order valence-electron chi connectivity index (χ2n) is 5.94. The molecule has 116 valence electrons. The lowest BCUT2D eigenvalue weighted by Crippen LogP contribution is -2.15. The molecule has 1 aromatic carbocycles. The molecular weight excluding hydrogens is 288 g/mol. The lowest BCUT2D eigenvalue weighted by Gasteiger charge is -2.10. The number of nitrogens with one attached hydrogen (secondary N) is 2. The molecule has 0 fully saturated rings. The van der Waals surface area contributed by atoms with Crippen molar-refractivity contribution in [2.24, 2.45) is 5.11 Å². The fourth-order valence-corrected chi connectivity index (χ4v) is 2.74. The standard InChI is InChI=1S/C17H18N6/c1-4-10(2)20-17-19-9-13-12(8-18-16(13)21-17)11-5-6-14-15(7-11)23(3)22-14/h5-10H,4H2,1-3H3,(H,19,20,21,22)/p+1. The Morgan fingerprint density at radius 3 is 3.00 bits per heavy atom. The maximum absolute atomic E-state index is 4.57. The van der Waals surface area contributed by atoms with Crippen molar-refractivity contribution in [2.45, 2.75) is 26.3 Å². The first-order valence-corrected chi connectivity index (χ1v) is 7.86. The summed E-state index contributed by atoms with van der Waals surface area (Å²) in [4.78, 5) is 12.3. The number of H-pyrrole nitrogens is 1. The zero-order valence-corrected chi connectivity index (χ0v) is 13.5. The van der Waals surface area contributed by atoms with E-state index in [4.69, 9.17) is 0 Å². The van der Waals surface area contributed by atoms with Gasteiger partial charge in [0.25, 0.3) is 5.69 Å². The Kier molecular flexibility index (Phi) is 3.11. The van der Waals surface area contributed by atoms with Gasteiger partial charge in [-0.25, -0.2) is 4.98 Å². The van der Waals surface area contributed by atoms with Crippen molar-refractivity contribution in [1.82, 2.24) is 15.0 Å². The monoisotopic (exact) mass is 307 g/mol. The molecular formula is C17H19N6+. The Hall–Kier alpha value is -2.76. The molecule has 6 nitrogen and oxygen atoms in total. The van der Waals surface area contributed by atoms with E-state index >= 15 is 0 Å². The van der Waals surface area contributed by atoms with Crippen LogP contribution in [0.5, 0.6) is 0 Å². The summed E-state index contributed by atoms with van der Waals surface area (Å²) in [6.45, 7) is 4.26. The quantitative estimate of drug-likeness (QED) is 0.709. The van der Waals surface area contributed by atoms with E-state index in [2.05, 4.69) is 51.4 Å². The van der Waals surface area contributed by atoms with Crippen molar-refractivity contribution in [3.63, 3.8) is 0 Å². The Balaban J connectivity index is 1.72. The van der Waals surface area contributed by atoms with Crippen LogP contribution in [0.15, 0.2) is 35.7 Å². The summed E-state index contributed by atoms with van der Waals surface area (Å²) in [7, 11) is 1.96. The van der Waals surface area contributed by atoms with Gasteiger partial charge in [0.15, 0.2) is 7.05 Å². The number of hydrogen-bond acceptors (Lipinski definition) is 4. The van der Waals surface area contributed by atoms with E-state index in [0.717, 1.165) is 40.0 Å². The minimum atomic E-state index is 0.356. The predicted octanol–water partition coefficient (Wildman–Crippen LogP) is 4.21. The summed E-state index contributed by atoms with van der Waals surface area (Å²) in [5.41, 5.74) is 5.28. The molecule has 3 aromatic rings. The van der Waals surface area contributed by atoms with Crippen LogP contribution in [0.1, 0.15) is 20.3 Å². The number of hydrogen-bond donors (Lipinski definition) is 2. The highest BCUT2D eigenvalue weighted by atomic mass is 15.3. The van der Waals surface area contributed by atoms with E-state index in [-0.39, 0.29) is 0 Å². The molecule has 2 N–H and O–H groups in total. The van der Waals surface area contributed by atoms with Crippen molar-refractivity contribution in [1.29, 1.82) is 0 Å². The van der Waals surface area contributed by atoms with Crippen LogP contribution in [0.2, 0.25) is 0 Å². The van der Waals surface area contributed by atoms with Crippen molar-refractivity contribution >= 4 is 28.4 Å². The molecule has 0 radical (unpaired) electrons. The van der Waals surface area contributed by atoms with Gasteiger partial charge in [-0.3, -0.25) is 0 Å². The fraction of sp³-hybridized carbons (Fsp3) is 0.294. The topological polar surface area (TPSA) is 69.0 Å². The Morgan fingerprint density at radius 2 is 2.22 bits per heavy atom. The number of benzene rings is 1. The zero-order chi connectivity index (χ0) is 16.0. The van der Waals surface area contributed by atoms with E-state index in [1.54, 1.807) is 0 Å². The molecule has 1 aliphatic rings. The van der Waals surface area contributed by atoms with Crippen LogP contribution in [0, 0.1) is 0 Å². The molecule has 0 amide bonds. The molecule has 0 bridgehead atoms. The summed E-state index contributed by atoms with van der Waals surface area (Å²) in [5, 5.41) is 8.64. The summed E-state index contributed by atoms with van der Waals surface area (Å²) in [6.07, 6.45) is 4.90. The van der Waals surface area contributed by atoms with Crippen molar-refractivity contribution in [3.05, 3.63) is 30.6 Å². The summed E-state index contributed by atoms with van der Waals surface area (Å²) >= 11 is 0. The Morgan fingerprint density at radius 1 is 1.35 bits per heavy atom. The summed E-state index contributed by atoms with van der Waals surface area (Å²) in [6, 6.07) is 6.64. The second-order valence-corrected chi connectivity index (χ2v) is 5.94. The first-order chi connectivity index (χ1) is 11.2. The van der Waals surface area contributed by atoms with Gasteiger partial charge in [0.2, 0.25) is 11.6 Å². The van der Waals surface area contributed by atoms with Crippen LogP contribution in [-0.4, -0.2) is 32.7 Å². The number of rotatable bonds is 4. The minimum Gasteiger partial charge on any atom is -0.352 e. The molecule has 1 aliphatic heterocycles. The van der Waals surface area contributed by atoms with Gasteiger partial charge in [0, 0.05) is 40.6 Å². The molecule has 1 atom stereocenters. The molecule has 3 heterocycles. The van der Waals surface area contributed by atoms with Gasteiger partial charge in [-0.2, -0.15) is 4.98 Å². The largest absolute Gasteiger partial charge is 0.352 e. The average Bonchev–Trinajstić information content (AvgIpc) is 2.97. The van der Waals surface area contributed by atoms with Crippen LogP contribution in [0.4, 0.5) is 17.3 Å².